The SMILES string of the molecule is O=C(CO)N1CCCOc2cccc(c2)CCC2CCCCN2CC1. The lowest BCUT2D eigenvalue weighted by molar-refractivity contribution is -0.134. The molecule has 2 bridgehead atoms. The standard InChI is InChI=1S/C20H30N2O3/c23-16-20(24)22-11-4-14-25-19-7-3-5-17(15-19)8-9-18-6-1-2-10-21(18)12-13-22/h3,5,7,15,18,23H,1-2,4,6,8-14,16H2. The van der Waals surface area contributed by atoms with Crippen LogP contribution in [-0.4, -0.2) is 66.2 Å². The molecular formula is C20H30N2O3. The summed E-state index contributed by atoms with van der Waals surface area (Å²) in [5, 5.41) is 9.25. The zero-order chi connectivity index (χ0) is 17.5. The molecule has 2 aliphatic heterocycles. The first-order chi connectivity index (χ1) is 12.3. The van der Waals surface area contributed by atoms with Gasteiger partial charge in [-0.05, 0) is 56.3 Å². The average Bonchev–Trinajstić information content (AvgIpc) is 2.65. The van der Waals surface area contributed by atoms with Gasteiger partial charge in [-0.3, -0.25) is 9.69 Å². The number of benzene rings is 1. The number of ether oxygens (including phenoxy) is 1. The van der Waals surface area contributed by atoms with Crippen LogP contribution in [0.1, 0.15) is 37.7 Å². The number of hydrogen-bond donors (Lipinski definition) is 1. The number of piperidine rings is 1. The van der Waals surface area contributed by atoms with Gasteiger partial charge in [0.2, 0.25) is 5.91 Å². The maximum Gasteiger partial charge on any atom is 0.248 e. The Morgan fingerprint density at radius 3 is 2.92 bits per heavy atom. The minimum Gasteiger partial charge on any atom is -0.494 e. The molecule has 138 valence electrons. The summed E-state index contributed by atoms with van der Waals surface area (Å²) < 4.78 is 5.85. The van der Waals surface area contributed by atoms with Gasteiger partial charge in [0, 0.05) is 25.7 Å². The summed E-state index contributed by atoms with van der Waals surface area (Å²) in [6.45, 7) is 3.53. The predicted octanol–water partition coefficient (Wildman–Crippen LogP) is 2.08. The molecule has 0 radical (unpaired) electrons. The van der Waals surface area contributed by atoms with Crippen LogP contribution in [0.15, 0.2) is 24.3 Å². The van der Waals surface area contributed by atoms with Gasteiger partial charge in [-0.2, -0.15) is 0 Å². The van der Waals surface area contributed by atoms with Crippen molar-refractivity contribution in [2.24, 2.45) is 0 Å². The second-order valence-corrected chi connectivity index (χ2v) is 7.11. The van der Waals surface area contributed by atoms with Crippen LogP contribution in [0.2, 0.25) is 0 Å². The van der Waals surface area contributed by atoms with Crippen molar-refractivity contribution in [2.75, 3.05) is 39.4 Å². The molecular weight excluding hydrogens is 316 g/mol. The van der Waals surface area contributed by atoms with E-state index < -0.39 is 6.61 Å². The van der Waals surface area contributed by atoms with Crippen molar-refractivity contribution in [3.63, 3.8) is 0 Å². The van der Waals surface area contributed by atoms with Gasteiger partial charge in [-0.1, -0.05) is 18.6 Å². The highest BCUT2D eigenvalue weighted by atomic mass is 16.5. The lowest BCUT2D eigenvalue weighted by Crippen LogP contribution is -2.46. The van der Waals surface area contributed by atoms with Crippen LogP contribution in [0.25, 0.3) is 0 Å². The molecule has 1 atom stereocenters. The van der Waals surface area contributed by atoms with Crippen LogP contribution < -0.4 is 4.74 Å². The molecule has 1 aromatic carbocycles. The quantitative estimate of drug-likeness (QED) is 0.846. The van der Waals surface area contributed by atoms with Gasteiger partial charge in [0.25, 0.3) is 0 Å². The molecule has 1 unspecified atom stereocenters. The molecule has 2 heterocycles. The third-order valence-corrected chi connectivity index (χ3v) is 5.40. The van der Waals surface area contributed by atoms with Gasteiger partial charge < -0.3 is 14.7 Å². The van der Waals surface area contributed by atoms with Gasteiger partial charge in [-0.15, -0.1) is 0 Å². The van der Waals surface area contributed by atoms with E-state index in [9.17, 15) is 9.90 Å². The largest absolute Gasteiger partial charge is 0.494 e. The van der Waals surface area contributed by atoms with Crippen LogP contribution in [0.3, 0.4) is 0 Å². The first-order valence-corrected chi connectivity index (χ1v) is 9.60. The maximum absolute atomic E-state index is 12.0. The second kappa shape index (κ2) is 9.20. The van der Waals surface area contributed by atoms with E-state index in [0.717, 1.165) is 38.1 Å². The van der Waals surface area contributed by atoms with E-state index in [-0.39, 0.29) is 5.91 Å². The molecule has 1 aromatic rings. The summed E-state index contributed by atoms with van der Waals surface area (Å²) in [6, 6.07) is 8.99. The van der Waals surface area contributed by atoms with Gasteiger partial charge in [0.1, 0.15) is 12.4 Å². The van der Waals surface area contributed by atoms with Crippen LogP contribution >= 0.6 is 0 Å². The predicted molar refractivity (Wildman–Crippen MR) is 97.8 cm³/mol. The summed E-state index contributed by atoms with van der Waals surface area (Å²) in [5.74, 6) is 0.734. The van der Waals surface area contributed by atoms with Crippen molar-refractivity contribution in [1.82, 2.24) is 9.80 Å². The molecule has 1 saturated heterocycles. The Labute approximate surface area is 150 Å². The number of carbonyl (C=O) groups excluding carboxylic acids is 1. The fraction of sp³-hybridized carbons (Fsp3) is 0.650. The Morgan fingerprint density at radius 1 is 1.12 bits per heavy atom. The number of fused-ring (bicyclic) bond motifs is 3. The fourth-order valence-corrected chi connectivity index (χ4v) is 3.96. The van der Waals surface area contributed by atoms with Crippen LogP contribution in [0.5, 0.6) is 5.75 Å². The van der Waals surface area contributed by atoms with Gasteiger partial charge in [0.05, 0.1) is 6.61 Å². The molecule has 5 nitrogen and oxygen atoms in total. The number of hydrogen-bond acceptors (Lipinski definition) is 4. The summed E-state index contributed by atoms with van der Waals surface area (Å²) in [6.07, 6.45) is 6.77. The van der Waals surface area contributed by atoms with E-state index in [1.807, 2.05) is 6.07 Å². The first kappa shape index (κ1) is 18.2. The Hall–Kier alpha value is -1.59. The molecule has 1 amide bonds. The van der Waals surface area contributed by atoms with E-state index in [2.05, 4.69) is 23.1 Å². The zero-order valence-corrected chi connectivity index (χ0v) is 15.0. The van der Waals surface area contributed by atoms with Crippen LogP contribution in [0.4, 0.5) is 0 Å². The van der Waals surface area contributed by atoms with Crippen molar-refractivity contribution in [3.8, 4) is 5.75 Å². The number of amides is 1. The fourth-order valence-electron chi connectivity index (χ4n) is 3.96. The van der Waals surface area contributed by atoms with Crippen molar-refractivity contribution in [2.45, 2.75) is 44.6 Å². The Morgan fingerprint density at radius 2 is 2.04 bits per heavy atom. The van der Waals surface area contributed by atoms with Crippen molar-refractivity contribution >= 4 is 5.91 Å². The average molecular weight is 346 g/mol. The Kier molecular flexibility index (Phi) is 6.70. The molecule has 0 spiro atoms. The maximum atomic E-state index is 12.0. The van der Waals surface area contributed by atoms with Gasteiger partial charge >= 0.3 is 0 Å². The summed E-state index contributed by atoms with van der Waals surface area (Å²) in [5.41, 5.74) is 1.34. The number of aryl methyl sites for hydroxylation is 1. The molecule has 25 heavy (non-hydrogen) atoms. The van der Waals surface area contributed by atoms with Gasteiger partial charge in [-0.25, -0.2) is 0 Å². The molecule has 0 aliphatic carbocycles. The normalized spacial score (nSPS) is 23.2. The molecule has 2 aliphatic rings. The minimum absolute atomic E-state index is 0.178. The summed E-state index contributed by atoms with van der Waals surface area (Å²) >= 11 is 0. The Bertz CT molecular complexity index is 564. The van der Waals surface area contributed by atoms with E-state index >= 15 is 0 Å². The van der Waals surface area contributed by atoms with E-state index in [4.69, 9.17) is 4.74 Å². The summed E-state index contributed by atoms with van der Waals surface area (Å²) in [7, 11) is 0. The minimum atomic E-state index is -0.410. The highest BCUT2D eigenvalue weighted by Crippen LogP contribution is 2.23. The second-order valence-electron chi connectivity index (χ2n) is 7.11. The van der Waals surface area contributed by atoms with Crippen LogP contribution in [0, 0.1) is 0 Å². The molecule has 0 aromatic heterocycles. The molecule has 1 fully saturated rings. The molecule has 5 heteroatoms. The third kappa shape index (κ3) is 5.19. The van der Waals surface area contributed by atoms with Crippen LogP contribution in [-0.2, 0) is 11.2 Å². The van der Waals surface area contributed by atoms with Crippen molar-refractivity contribution < 1.29 is 14.6 Å². The van der Waals surface area contributed by atoms with Crippen molar-refractivity contribution in [1.29, 1.82) is 0 Å². The number of nitrogens with zero attached hydrogens (tertiary/aromatic N) is 2. The van der Waals surface area contributed by atoms with E-state index in [1.54, 1.807) is 4.90 Å². The third-order valence-electron chi connectivity index (χ3n) is 5.40. The Balaban J connectivity index is 1.73. The topological polar surface area (TPSA) is 53.0 Å². The molecule has 1 N–H and O–H groups in total. The highest BCUT2D eigenvalue weighted by Gasteiger charge is 2.23. The zero-order valence-electron chi connectivity index (χ0n) is 15.0. The first-order valence-electron chi connectivity index (χ1n) is 9.60. The van der Waals surface area contributed by atoms with E-state index in [1.165, 1.54) is 24.8 Å². The smallest absolute Gasteiger partial charge is 0.248 e. The monoisotopic (exact) mass is 346 g/mol. The van der Waals surface area contributed by atoms with E-state index in [0.29, 0.717) is 25.7 Å². The lowest BCUT2D eigenvalue weighted by atomic mass is 9.95. The van der Waals surface area contributed by atoms with Crippen molar-refractivity contribution in [3.05, 3.63) is 29.8 Å². The molecule has 3 rings (SSSR count). The lowest BCUT2D eigenvalue weighted by Gasteiger charge is -2.37. The highest BCUT2D eigenvalue weighted by molar-refractivity contribution is 5.77. The molecule has 0 saturated carbocycles. The number of aliphatic hydroxyl groups excluding tert-OH is 1. The number of carbonyl (C=O) groups is 1. The number of aliphatic hydroxyl groups is 1. The summed E-state index contributed by atoms with van der Waals surface area (Å²) in [4.78, 5) is 16.4. The number of rotatable bonds is 1. The van der Waals surface area contributed by atoms with Gasteiger partial charge in [0.15, 0.2) is 0 Å².